The number of rotatable bonds is 5. The highest BCUT2D eigenvalue weighted by molar-refractivity contribution is 6.08. The maximum atomic E-state index is 12.8. The summed E-state index contributed by atoms with van der Waals surface area (Å²) in [4.78, 5) is 34.2. The molecule has 9 nitrogen and oxygen atoms in total. The highest BCUT2D eigenvalue weighted by atomic mass is 16.5. The van der Waals surface area contributed by atoms with Crippen molar-refractivity contribution >= 4 is 23.5 Å². The van der Waals surface area contributed by atoms with Gasteiger partial charge in [0.25, 0.3) is 0 Å². The molecule has 0 spiro atoms. The smallest absolute Gasteiger partial charge is 0.321 e. The first-order valence-electron chi connectivity index (χ1n) is 10.3. The van der Waals surface area contributed by atoms with Gasteiger partial charge in [-0.2, -0.15) is 0 Å². The predicted octanol–water partition coefficient (Wildman–Crippen LogP) is 1.82. The Morgan fingerprint density at radius 1 is 1.19 bits per heavy atom. The number of amides is 1. The van der Waals surface area contributed by atoms with Crippen LogP contribution in [0.5, 0.6) is 5.75 Å². The summed E-state index contributed by atoms with van der Waals surface area (Å²) in [5, 5.41) is 2.80. The lowest BCUT2D eigenvalue weighted by molar-refractivity contribution is -0.153. The van der Waals surface area contributed by atoms with E-state index < -0.39 is 23.8 Å². The largest absolute Gasteiger partial charge is 0.497 e. The molecule has 1 amide bonds. The van der Waals surface area contributed by atoms with Gasteiger partial charge < -0.3 is 23.7 Å². The zero-order valence-electron chi connectivity index (χ0n) is 17.6. The Morgan fingerprint density at radius 2 is 1.97 bits per heavy atom. The molecule has 2 atom stereocenters. The van der Waals surface area contributed by atoms with E-state index in [1.807, 2.05) is 23.1 Å². The summed E-state index contributed by atoms with van der Waals surface area (Å²) in [5.74, 6) is -0.382. The monoisotopic (exact) mass is 426 g/mol. The van der Waals surface area contributed by atoms with Gasteiger partial charge in [0.2, 0.25) is 11.9 Å². The fourth-order valence-electron chi connectivity index (χ4n) is 3.87. The molecule has 1 N–H and O–H groups in total. The number of carbonyl (C=O) groups is 2. The van der Waals surface area contributed by atoms with E-state index in [0.717, 1.165) is 24.5 Å². The third-order valence-corrected chi connectivity index (χ3v) is 5.47. The summed E-state index contributed by atoms with van der Waals surface area (Å²) < 4.78 is 15.9. The number of guanidine groups is 1. The van der Waals surface area contributed by atoms with Crippen LogP contribution in [0, 0.1) is 5.92 Å². The van der Waals surface area contributed by atoms with Crippen LogP contribution >= 0.6 is 0 Å². The minimum Gasteiger partial charge on any atom is -0.497 e. The first-order chi connectivity index (χ1) is 15.1. The van der Waals surface area contributed by atoms with E-state index in [-0.39, 0.29) is 6.61 Å². The first kappa shape index (κ1) is 20.8. The van der Waals surface area contributed by atoms with Crippen molar-refractivity contribution in [1.82, 2.24) is 10.2 Å². The lowest BCUT2D eigenvalue weighted by atomic mass is 9.95. The molecule has 0 bridgehead atoms. The third kappa shape index (κ3) is 4.35. The Balaban J connectivity index is 1.51. The molecular formula is C22H26N4O5. The van der Waals surface area contributed by atoms with E-state index >= 15 is 0 Å². The van der Waals surface area contributed by atoms with Crippen LogP contribution in [0.2, 0.25) is 0 Å². The molecule has 2 unspecified atom stereocenters. The minimum atomic E-state index is -1.08. The van der Waals surface area contributed by atoms with Gasteiger partial charge in [-0.1, -0.05) is 6.07 Å². The Hall–Kier alpha value is -3.49. The average molecular weight is 426 g/mol. The predicted molar refractivity (Wildman–Crippen MR) is 114 cm³/mol. The van der Waals surface area contributed by atoms with Gasteiger partial charge >= 0.3 is 5.97 Å². The summed E-state index contributed by atoms with van der Waals surface area (Å²) in [6, 6.07) is 10.6. The topological polar surface area (TPSA) is 96.6 Å². The first-order valence-corrected chi connectivity index (χ1v) is 10.3. The summed E-state index contributed by atoms with van der Waals surface area (Å²) in [6.45, 7) is 4.76. The molecule has 9 heteroatoms. The maximum Gasteiger partial charge on any atom is 0.321 e. The minimum absolute atomic E-state index is 0.191. The van der Waals surface area contributed by atoms with Crippen LogP contribution in [0.15, 0.2) is 52.1 Å². The molecule has 1 aromatic carbocycles. The Labute approximate surface area is 180 Å². The number of hydrogen-bond donors (Lipinski definition) is 1. The quantitative estimate of drug-likeness (QED) is 0.575. The van der Waals surface area contributed by atoms with Gasteiger partial charge in [0, 0.05) is 37.9 Å². The Kier molecular flexibility index (Phi) is 6.11. The molecule has 0 radical (unpaired) electrons. The van der Waals surface area contributed by atoms with Gasteiger partial charge in [0.15, 0.2) is 5.92 Å². The number of anilines is 1. The SMILES string of the molecule is CCOC(=O)C1C(=O)NC(N2CCN(c3cccc(OC)c3)CC2)=NC1c1ccco1. The van der Waals surface area contributed by atoms with Crippen molar-refractivity contribution in [3.8, 4) is 5.75 Å². The van der Waals surface area contributed by atoms with Gasteiger partial charge in [0.05, 0.1) is 20.0 Å². The van der Waals surface area contributed by atoms with Gasteiger partial charge in [-0.3, -0.25) is 14.9 Å². The number of hydrogen-bond acceptors (Lipinski definition) is 8. The molecule has 2 aliphatic heterocycles. The lowest BCUT2D eigenvalue weighted by Gasteiger charge is -2.39. The zero-order valence-corrected chi connectivity index (χ0v) is 17.6. The van der Waals surface area contributed by atoms with Crippen LogP contribution in [0.3, 0.4) is 0 Å². The number of ether oxygens (including phenoxy) is 2. The molecule has 1 saturated heterocycles. The van der Waals surface area contributed by atoms with Crippen LogP contribution in [-0.4, -0.2) is 62.6 Å². The van der Waals surface area contributed by atoms with E-state index in [1.54, 1.807) is 26.2 Å². The number of methoxy groups -OCH3 is 1. The number of benzene rings is 1. The molecule has 4 rings (SSSR count). The second-order valence-corrected chi connectivity index (χ2v) is 7.31. The molecule has 2 aromatic rings. The molecule has 0 saturated carbocycles. The average Bonchev–Trinajstić information content (AvgIpc) is 3.34. The van der Waals surface area contributed by atoms with E-state index in [4.69, 9.17) is 13.9 Å². The second kappa shape index (κ2) is 9.11. The van der Waals surface area contributed by atoms with Crippen LogP contribution in [0.1, 0.15) is 18.7 Å². The molecule has 0 aliphatic carbocycles. The van der Waals surface area contributed by atoms with Crippen molar-refractivity contribution in [2.45, 2.75) is 13.0 Å². The van der Waals surface area contributed by atoms with Gasteiger partial charge in [0.1, 0.15) is 17.6 Å². The summed E-state index contributed by atoms with van der Waals surface area (Å²) >= 11 is 0. The second-order valence-electron chi connectivity index (χ2n) is 7.31. The van der Waals surface area contributed by atoms with Crippen molar-refractivity contribution in [3.63, 3.8) is 0 Å². The fourth-order valence-corrected chi connectivity index (χ4v) is 3.87. The highest BCUT2D eigenvalue weighted by Crippen LogP contribution is 2.31. The van der Waals surface area contributed by atoms with Crippen molar-refractivity contribution in [2.75, 3.05) is 44.8 Å². The number of carbonyl (C=O) groups excluding carboxylic acids is 2. The van der Waals surface area contributed by atoms with Crippen molar-refractivity contribution in [3.05, 3.63) is 48.4 Å². The van der Waals surface area contributed by atoms with Gasteiger partial charge in [-0.05, 0) is 31.2 Å². The number of aliphatic imine (C=N–C) groups is 1. The highest BCUT2D eigenvalue weighted by Gasteiger charge is 2.43. The van der Waals surface area contributed by atoms with E-state index in [1.165, 1.54) is 6.26 Å². The lowest BCUT2D eigenvalue weighted by Crippen LogP contribution is -2.57. The number of nitrogens with one attached hydrogen (secondary N) is 1. The summed E-state index contributed by atoms with van der Waals surface area (Å²) in [5.41, 5.74) is 1.09. The Bertz CT molecular complexity index is 951. The molecule has 2 aliphatic rings. The van der Waals surface area contributed by atoms with Gasteiger partial charge in [-0.15, -0.1) is 0 Å². The molecule has 31 heavy (non-hydrogen) atoms. The molecule has 1 fully saturated rings. The molecule has 1 aromatic heterocycles. The van der Waals surface area contributed by atoms with E-state index in [0.29, 0.717) is 24.8 Å². The molecule has 3 heterocycles. The van der Waals surface area contributed by atoms with Crippen molar-refractivity contribution < 1.29 is 23.5 Å². The summed E-state index contributed by atoms with van der Waals surface area (Å²) in [7, 11) is 1.65. The summed E-state index contributed by atoms with van der Waals surface area (Å²) in [6.07, 6.45) is 1.51. The van der Waals surface area contributed by atoms with Crippen molar-refractivity contribution in [1.29, 1.82) is 0 Å². The van der Waals surface area contributed by atoms with E-state index in [9.17, 15) is 9.59 Å². The normalized spacial score (nSPS) is 21.4. The number of furan rings is 1. The van der Waals surface area contributed by atoms with Crippen LogP contribution in [-0.2, 0) is 14.3 Å². The number of esters is 1. The van der Waals surface area contributed by atoms with Crippen LogP contribution < -0.4 is 15.0 Å². The van der Waals surface area contributed by atoms with E-state index in [2.05, 4.69) is 21.3 Å². The Morgan fingerprint density at radius 3 is 2.65 bits per heavy atom. The standard InChI is InChI=1S/C22H26N4O5/c1-3-30-21(28)18-19(17-8-5-13-31-17)23-22(24-20(18)27)26-11-9-25(10-12-26)15-6-4-7-16(14-15)29-2/h4-8,13-14,18-19H,3,9-12H2,1-2H3,(H,23,24,27). The number of nitrogens with zero attached hydrogens (tertiary/aromatic N) is 3. The number of piperazine rings is 1. The molecule has 164 valence electrons. The maximum absolute atomic E-state index is 12.8. The van der Waals surface area contributed by atoms with Gasteiger partial charge in [-0.25, -0.2) is 4.99 Å². The van der Waals surface area contributed by atoms with Crippen molar-refractivity contribution in [2.24, 2.45) is 10.9 Å². The zero-order chi connectivity index (χ0) is 21.8. The van der Waals surface area contributed by atoms with Crippen LogP contribution in [0.25, 0.3) is 0 Å². The third-order valence-electron chi connectivity index (χ3n) is 5.47. The molecular weight excluding hydrogens is 400 g/mol. The van der Waals surface area contributed by atoms with Crippen LogP contribution in [0.4, 0.5) is 5.69 Å². The fraction of sp³-hybridized carbons (Fsp3) is 0.409.